The predicted octanol–water partition coefficient (Wildman–Crippen LogP) is 8.85. The number of hydrogen-bond donors (Lipinski definition) is 0. The summed E-state index contributed by atoms with van der Waals surface area (Å²) in [7, 11) is 0. The molecule has 0 saturated heterocycles. The van der Waals surface area contributed by atoms with Crippen molar-refractivity contribution in [1.29, 1.82) is 5.26 Å². The summed E-state index contributed by atoms with van der Waals surface area (Å²) < 4.78 is 2.09. The maximum absolute atomic E-state index is 9.99. The molecule has 0 aliphatic heterocycles. The second kappa shape index (κ2) is 8.58. The van der Waals surface area contributed by atoms with Crippen molar-refractivity contribution in [2.24, 2.45) is 0 Å². The highest BCUT2D eigenvalue weighted by molar-refractivity contribution is 6.12. The van der Waals surface area contributed by atoms with E-state index in [-0.39, 0.29) is 0 Å². The van der Waals surface area contributed by atoms with Crippen LogP contribution in [0.5, 0.6) is 0 Å². The van der Waals surface area contributed by atoms with E-state index in [1.807, 2.05) is 55.5 Å². The molecule has 168 valence electrons. The minimum Gasteiger partial charge on any atom is -0.318 e. The highest BCUT2D eigenvalue weighted by Gasteiger charge is 2.20. The van der Waals surface area contributed by atoms with Crippen molar-refractivity contribution >= 4 is 27.5 Å². The van der Waals surface area contributed by atoms with E-state index in [9.17, 15) is 5.26 Å². The molecule has 36 heavy (non-hydrogen) atoms. The highest BCUT2D eigenvalue weighted by atomic mass is 15.0. The van der Waals surface area contributed by atoms with Gasteiger partial charge in [-0.1, -0.05) is 78.9 Å². The third-order valence-corrected chi connectivity index (χ3v) is 6.79. The predicted molar refractivity (Wildman–Crippen MR) is 147 cm³/mol. The Labute approximate surface area is 209 Å². The molecule has 3 heteroatoms. The van der Waals surface area contributed by atoms with Gasteiger partial charge in [-0.2, -0.15) is 5.26 Å². The summed E-state index contributed by atoms with van der Waals surface area (Å²) in [6.07, 6.45) is 0. The summed E-state index contributed by atoms with van der Waals surface area (Å²) in [6.45, 7) is 9.83. The first kappa shape index (κ1) is 21.4. The molecule has 0 radical (unpaired) electrons. The molecule has 0 aliphatic rings. The standard InChI is InChI=1S/C33H21N3/c1-22-13-14-27(21-34)33(32(22)35-2)36-30-17-15-25(23-9-5-3-6-10-23)19-28(30)29-20-26(16-18-31(29)36)24-11-7-4-8-12-24/h3-20H,1H3. The van der Waals surface area contributed by atoms with E-state index in [0.29, 0.717) is 16.9 Å². The minimum atomic E-state index is 0.490. The Bertz CT molecular complexity index is 1750. The second-order valence-corrected chi connectivity index (χ2v) is 8.88. The SMILES string of the molecule is [C-]#[N+]c1c(C)ccc(C#N)c1-n1c2ccc(-c3ccccc3)cc2c2cc(-c3ccccc3)ccc21. The quantitative estimate of drug-likeness (QED) is 0.243. The lowest BCUT2D eigenvalue weighted by Crippen LogP contribution is -1.99. The third kappa shape index (κ3) is 3.35. The Kier molecular flexibility index (Phi) is 5.11. The lowest BCUT2D eigenvalue weighted by molar-refractivity contribution is 1.17. The van der Waals surface area contributed by atoms with E-state index < -0.39 is 0 Å². The fourth-order valence-corrected chi connectivity index (χ4v) is 5.02. The van der Waals surface area contributed by atoms with Crippen LogP contribution in [0.1, 0.15) is 11.1 Å². The molecule has 0 bridgehead atoms. The zero-order valence-electron chi connectivity index (χ0n) is 19.7. The van der Waals surface area contributed by atoms with E-state index in [1.54, 1.807) is 0 Å². The van der Waals surface area contributed by atoms with Gasteiger partial charge < -0.3 is 4.57 Å². The van der Waals surface area contributed by atoms with Gasteiger partial charge in [-0.05, 0) is 65.1 Å². The molecule has 0 aliphatic carbocycles. The second-order valence-electron chi connectivity index (χ2n) is 8.88. The average Bonchev–Trinajstić information content (AvgIpc) is 3.26. The van der Waals surface area contributed by atoms with E-state index >= 15 is 0 Å². The maximum Gasteiger partial charge on any atom is 0.214 e. The molecule has 0 atom stereocenters. The van der Waals surface area contributed by atoms with Crippen LogP contribution >= 0.6 is 0 Å². The van der Waals surface area contributed by atoms with Crippen molar-refractivity contribution in [3.05, 3.63) is 132 Å². The van der Waals surface area contributed by atoms with E-state index in [4.69, 9.17) is 6.57 Å². The largest absolute Gasteiger partial charge is 0.318 e. The van der Waals surface area contributed by atoms with Crippen molar-refractivity contribution in [1.82, 2.24) is 4.57 Å². The van der Waals surface area contributed by atoms with Crippen LogP contribution in [0.4, 0.5) is 5.69 Å². The summed E-state index contributed by atoms with van der Waals surface area (Å²) in [4.78, 5) is 3.86. The van der Waals surface area contributed by atoms with Crippen LogP contribution in [0.25, 0.3) is 54.6 Å². The Balaban J connectivity index is 1.74. The first-order chi connectivity index (χ1) is 17.7. The van der Waals surface area contributed by atoms with E-state index in [1.165, 1.54) is 0 Å². The van der Waals surface area contributed by atoms with Gasteiger partial charge in [0, 0.05) is 10.8 Å². The fourth-order valence-electron chi connectivity index (χ4n) is 5.02. The van der Waals surface area contributed by atoms with Crippen LogP contribution in [0.3, 0.4) is 0 Å². The summed E-state index contributed by atoms with van der Waals surface area (Å²) in [6, 6.07) is 39.6. The molecule has 0 amide bonds. The smallest absolute Gasteiger partial charge is 0.214 e. The zero-order valence-corrected chi connectivity index (χ0v) is 19.7. The number of fused-ring (bicyclic) bond motifs is 3. The first-order valence-electron chi connectivity index (χ1n) is 11.8. The first-order valence-corrected chi connectivity index (χ1v) is 11.8. The molecule has 1 aromatic heterocycles. The zero-order chi connectivity index (χ0) is 24.6. The molecule has 0 unspecified atom stereocenters. The molecule has 0 fully saturated rings. The summed E-state index contributed by atoms with van der Waals surface area (Å²) in [5.41, 5.74) is 9.00. The molecule has 3 nitrogen and oxygen atoms in total. The lowest BCUT2D eigenvalue weighted by atomic mass is 10.0. The number of nitriles is 1. The van der Waals surface area contributed by atoms with Crippen LogP contribution in [-0.4, -0.2) is 4.57 Å². The van der Waals surface area contributed by atoms with Gasteiger partial charge in [-0.15, -0.1) is 0 Å². The molecule has 6 rings (SSSR count). The van der Waals surface area contributed by atoms with Crippen LogP contribution in [0, 0.1) is 24.8 Å². The van der Waals surface area contributed by atoms with Gasteiger partial charge in [0.2, 0.25) is 5.69 Å². The summed E-state index contributed by atoms with van der Waals surface area (Å²) in [5.74, 6) is 0. The number of aryl methyl sites for hydroxylation is 1. The lowest BCUT2D eigenvalue weighted by Gasteiger charge is -2.14. The van der Waals surface area contributed by atoms with Crippen LogP contribution in [0.2, 0.25) is 0 Å². The Morgan fingerprint density at radius 2 is 1.19 bits per heavy atom. The molecule has 0 spiro atoms. The Morgan fingerprint density at radius 1 is 0.667 bits per heavy atom. The molecule has 0 N–H and O–H groups in total. The van der Waals surface area contributed by atoms with Crippen molar-refractivity contribution in [3.8, 4) is 34.0 Å². The normalized spacial score (nSPS) is 10.9. The van der Waals surface area contributed by atoms with Gasteiger partial charge in [-0.25, -0.2) is 4.85 Å². The van der Waals surface area contributed by atoms with E-state index in [2.05, 4.69) is 76.1 Å². The van der Waals surface area contributed by atoms with Gasteiger partial charge in [0.25, 0.3) is 0 Å². The summed E-state index contributed by atoms with van der Waals surface area (Å²) >= 11 is 0. The number of hydrogen-bond acceptors (Lipinski definition) is 1. The molecule has 0 saturated carbocycles. The van der Waals surface area contributed by atoms with Gasteiger partial charge in [0.05, 0.1) is 34.9 Å². The average molecular weight is 460 g/mol. The monoisotopic (exact) mass is 459 g/mol. The Hall–Kier alpha value is -5.12. The number of benzene rings is 5. The topological polar surface area (TPSA) is 33.1 Å². The fraction of sp³-hybridized carbons (Fsp3) is 0.0303. The number of rotatable bonds is 3. The maximum atomic E-state index is 9.99. The number of aromatic nitrogens is 1. The van der Waals surface area contributed by atoms with Gasteiger partial charge in [-0.3, -0.25) is 0 Å². The van der Waals surface area contributed by atoms with E-state index in [0.717, 1.165) is 49.6 Å². The number of nitrogens with zero attached hydrogens (tertiary/aromatic N) is 3. The molecular formula is C33H21N3. The van der Waals surface area contributed by atoms with Crippen molar-refractivity contribution in [2.75, 3.05) is 0 Å². The minimum absolute atomic E-state index is 0.490. The van der Waals surface area contributed by atoms with Gasteiger partial charge in [0.15, 0.2) is 0 Å². The van der Waals surface area contributed by atoms with Crippen molar-refractivity contribution < 1.29 is 0 Å². The van der Waals surface area contributed by atoms with Gasteiger partial charge in [0.1, 0.15) is 0 Å². The van der Waals surface area contributed by atoms with Crippen molar-refractivity contribution in [2.45, 2.75) is 6.92 Å². The molecule has 1 heterocycles. The van der Waals surface area contributed by atoms with Crippen LogP contribution in [0.15, 0.2) is 109 Å². The Morgan fingerprint density at radius 3 is 1.67 bits per heavy atom. The van der Waals surface area contributed by atoms with Crippen molar-refractivity contribution in [3.63, 3.8) is 0 Å². The van der Waals surface area contributed by atoms with Gasteiger partial charge >= 0.3 is 0 Å². The highest BCUT2D eigenvalue weighted by Crippen LogP contribution is 2.41. The summed E-state index contributed by atoms with van der Waals surface area (Å²) in [5, 5.41) is 12.2. The van der Waals surface area contributed by atoms with Crippen LogP contribution < -0.4 is 0 Å². The third-order valence-electron chi connectivity index (χ3n) is 6.79. The van der Waals surface area contributed by atoms with Crippen LogP contribution in [-0.2, 0) is 0 Å². The molecule has 6 aromatic rings. The molecular weight excluding hydrogens is 438 g/mol. The molecule has 5 aromatic carbocycles.